The van der Waals surface area contributed by atoms with Gasteiger partial charge in [-0.1, -0.05) is 18.2 Å². The molecule has 0 fully saturated rings. The fourth-order valence-corrected chi connectivity index (χ4v) is 3.86. The lowest BCUT2D eigenvalue weighted by Gasteiger charge is -2.11. The number of esters is 1. The van der Waals surface area contributed by atoms with Crippen LogP contribution in [0.1, 0.15) is 16.1 Å². The fourth-order valence-electron chi connectivity index (χ4n) is 3.86. The number of pyridine rings is 2. The molecule has 0 radical (unpaired) electrons. The number of fused-ring (bicyclic) bond motifs is 1. The Kier molecular flexibility index (Phi) is 5.74. The van der Waals surface area contributed by atoms with E-state index in [2.05, 4.69) is 15.1 Å². The monoisotopic (exact) mass is 450 g/mol. The Morgan fingerprint density at radius 2 is 1.74 bits per heavy atom. The van der Waals surface area contributed by atoms with E-state index in [0.29, 0.717) is 17.0 Å². The second kappa shape index (κ2) is 9.15. The van der Waals surface area contributed by atoms with Crippen LogP contribution in [0.25, 0.3) is 33.3 Å². The van der Waals surface area contributed by atoms with Crippen molar-refractivity contribution in [3.8, 4) is 28.1 Å². The highest BCUT2D eigenvalue weighted by atomic mass is 16.5. The van der Waals surface area contributed by atoms with Crippen molar-refractivity contribution in [3.63, 3.8) is 0 Å². The first-order valence-electron chi connectivity index (χ1n) is 10.8. The quantitative estimate of drug-likeness (QED) is 0.336. The molecule has 5 rings (SSSR count). The topological polar surface area (TPSA) is 79.1 Å². The lowest BCUT2D eigenvalue weighted by Crippen LogP contribution is -2.10. The Hall–Kier alpha value is -4.52. The van der Waals surface area contributed by atoms with Gasteiger partial charge in [0, 0.05) is 42.2 Å². The van der Waals surface area contributed by atoms with Crippen molar-refractivity contribution in [1.29, 1.82) is 0 Å². The Morgan fingerprint density at radius 3 is 2.50 bits per heavy atom. The van der Waals surface area contributed by atoms with Gasteiger partial charge in [0.05, 0.1) is 23.9 Å². The Balaban J connectivity index is 1.39. The van der Waals surface area contributed by atoms with Crippen LogP contribution in [0.4, 0.5) is 0 Å². The minimum absolute atomic E-state index is 0.139. The van der Waals surface area contributed by atoms with E-state index >= 15 is 0 Å². The lowest BCUT2D eigenvalue weighted by molar-refractivity contribution is 0.0597. The van der Waals surface area contributed by atoms with Crippen LogP contribution in [0.5, 0.6) is 5.75 Å². The number of rotatable bonds is 6. The molecule has 0 unspecified atom stereocenters. The number of aromatic nitrogens is 4. The van der Waals surface area contributed by atoms with E-state index in [1.165, 1.54) is 7.11 Å². The molecule has 5 aromatic rings. The summed E-state index contributed by atoms with van der Waals surface area (Å²) in [4.78, 5) is 21.0. The standard InChI is InChI=1S/C27H22N4O3/c1-31-16-23(18-11-13-28-14-12-18)26(30-31)19-7-9-21(10-8-19)34-17-25-22(27(32)33-2)15-20-5-3-4-6-24(20)29-25/h3-16H,17H2,1-2H3. The summed E-state index contributed by atoms with van der Waals surface area (Å²) in [5, 5.41) is 5.52. The zero-order valence-electron chi connectivity index (χ0n) is 18.8. The van der Waals surface area contributed by atoms with E-state index in [9.17, 15) is 4.79 Å². The second-order valence-electron chi connectivity index (χ2n) is 7.78. The number of aryl methyl sites for hydroxylation is 1. The summed E-state index contributed by atoms with van der Waals surface area (Å²) in [6, 6.07) is 21.1. The molecule has 168 valence electrons. The molecule has 0 saturated heterocycles. The molecule has 7 heteroatoms. The third-order valence-electron chi connectivity index (χ3n) is 5.53. The average molecular weight is 450 g/mol. The minimum Gasteiger partial charge on any atom is -0.487 e. The molecule has 0 atom stereocenters. The summed E-state index contributed by atoms with van der Waals surface area (Å²) < 4.78 is 12.7. The summed E-state index contributed by atoms with van der Waals surface area (Å²) in [6.07, 6.45) is 5.54. The fraction of sp³-hybridized carbons (Fsp3) is 0.111. The van der Waals surface area contributed by atoms with Gasteiger partial charge in [0.1, 0.15) is 18.1 Å². The number of nitrogens with zero attached hydrogens (tertiary/aromatic N) is 4. The van der Waals surface area contributed by atoms with Crippen LogP contribution in [0.3, 0.4) is 0 Å². The van der Waals surface area contributed by atoms with Gasteiger partial charge >= 0.3 is 5.97 Å². The number of hydrogen-bond donors (Lipinski definition) is 0. The molecule has 3 aromatic heterocycles. The first kappa shape index (κ1) is 21.3. The van der Waals surface area contributed by atoms with Gasteiger partial charge < -0.3 is 9.47 Å². The molecule has 0 aliphatic rings. The number of hydrogen-bond acceptors (Lipinski definition) is 6. The maximum atomic E-state index is 12.3. The van der Waals surface area contributed by atoms with Crippen LogP contribution in [-0.4, -0.2) is 32.8 Å². The molecule has 0 aliphatic carbocycles. The summed E-state index contributed by atoms with van der Waals surface area (Å²) in [5.74, 6) is 0.224. The molecule has 34 heavy (non-hydrogen) atoms. The predicted molar refractivity (Wildman–Crippen MR) is 129 cm³/mol. The van der Waals surface area contributed by atoms with Crippen molar-refractivity contribution < 1.29 is 14.3 Å². The first-order chi connectivity index (χ1) is 16.6. The van der Waals surface area contributed by atoms with Crippen molar-refractivity contribution in [1.82, 2.24) is 19.7 Å². The summed E-state index contributed by atoms with van der Waals surface area (Å²) >= 11 is 0. The third kappa shape index (κ3) is 4.23. The smallest absolute Gasteiger partial charge is 0.339 e. The highest BCUT2D eigenvalue weighted by Gasteiger charge is 2.16. The van der Waals surface area contributed by atoms with Gasteiger partial charge in [0.2, 0.25) is 0 Å². The van der Waals surface area contributed by atoms with Crippen molar-refractivity contribution in [2.75, 3.05) is 7.11 Å². The first-order valence-corrected chi connectivity index (χ1v) is 10.8. The van der Waals surface area contributed by atoms with Gasteiger partial charge in [-0.05, 0) is 54.1 Å². The maximum Gasteiger partial charge on any atom is 0.339 e. The molecule has 0 bridgehead atoms. The van der Waals surface area contributed by atoms with E-state index in [1.807, 2.05) is 73.9 Å². The van der Waals surface area contributed by atoms with E-state index in [1.54, 1.807) is 23.1 Å². The van der Waals surface area contributed by atoms with Crippen molar-refractivity contribution in [3.05, 3.63) is 96.6 Å². The van der Waals surface area contributed by atoms with E-state index < -0.39 is 5.97 Å². The van der Waals surface area contributed by atoms with Gasteiger partial charge in [0.25, 0.3) is 0 Å². The summed E-state index contributed by atoms with van der Waals surface area (Å²) in [7, 11) is 3.26. The van der Waals surface area contributed by atoms with Crippen LogP contribution in [-0.2, 0) is 18.4 Å². The number of para-hydroxylation sites is 1. The largest absolute Gasteiger partial charge is 0.487 e. The molecule has 0 aliphatic heterocycles. The minimum atomic E-state index is -0.439. The van der Waals surface area contributed by atoms with Gasteiger partial charge in [-0.15, -0.1) is 0 Å². The molecule has 0 spiro atoms. The van der Waals surface area contributed by atoms with Crippen LogP contribution in [0.2, 0.25) is 0 Å². The normalized spacial score (nSPS) is 10.9. The molecular formula is C27H22N4O3. The van der Waals surface area contributed by atoms with Crippen molar-refractivity contribution in [2.24, 2.45) is 7.05 Å². The van der Waals surface area contributed by atoms with Crippen LogP contribution in [0.15, 0.2) is 85.3 Å². The second-order valence-corrected chi connectivity index (χ2v) is 7.78. The van der Waals surface area contributed by atoms with Crippen LogP contribution < -0.4 is 4.74 Å². The Labute approximate surface area is 196 Å². The van der Waals surface area contributed by atoms with Crippen LogP contribution in [0, 0.1) is 0 Å². The zero-order chi connectivity index (χ0) is 23.5. The van der Waals surface area contributed by atoms with Crippen LogP contribution >= 0.6 is 0 Å². The molecular weight excluding hydrogens is 428 g/mol. The highest BCUT2D eigenvalue weighted by Crippen LogP contribution is 2.31. The molecule has 3 heterocycles. The van der Waals surface area contributed by atoms with E-state index in [4.69, 9.17) is 9.47 Å². The van der Waals surface area contributed by atoms with Gasteiger partial charge in [-0.25, -0.2) is 9.78 Å². The van der Waals surface area contributed by atoms with Gasteiger partial charge in [-0.2, -0.15) is 5.10 Å². The Bertz CT molecular complexity index is 1460. The molecule has 2 aromatic carbocycles. The zero-order valence-corrected chi connectivity index (χ0v) is 18.8. The SMILES string of the molecule is COC(=O)c1cc2ccccc2nc1COc1ccc(-c2nn(C)cc2-c2ccncc2)cc1. The third-order valence-corrected chi connectivity index (χ3v) is 5.53. The van der Waals surface area contributed by atoms with E-state index in [0.717, 1.165) is 33.3 Å². The Morgan fingerprint density at radius 1 is 0.971 bits per heavy atom. The number of benzene rings is 2. The average Bonchev–Trinajstić information content (AvgIpc) is 3.28. The number of carbonyl (C=O) groups excluding carboxylic acids is 1. The van der Waals surface area contributed by atoms with Gasteiger partial charge in [0.15, 0.2) is 0 Å². The number of ether oxygens (including phenoxy) is 2. The highest BCUT2D eigenvalue weighted by molar-refractivity contribution is 5.95. The summed E-state index contributed by atoms with van der Waals surface area (Å²) in [5.41, 5.74) is 5.65. The predicted octanol–water partition coefficient (Wildman–Crippen LogP) is 5.06. The maximum absolute atomic E-state index is 12.3. The number of methoxy groups -OCH3 is 1. The number of carbonyl (C=O) groups is 1. The summed E-state index contributed by atoms with van der Waals surface area (Å²) in [6.45, 7) is 0.139. The lowest BCUT2D eigenvalue weighted by atomic mass is 10.0. The molecule has 0 amide bonds. The van der Waals surface area contributed by atoms with E-state index in [-0.39, 0.29) is 6.61 Å². The molecule has 7 nitrogen and oxygen atoms in total. The van der Waals surface area contributed by atoms with Gasteiger partial charge in [-0.3, -0.25) is 9.67 Å². The van der Waals surface area contributed by atoms with Crippen molar-refractivity contribution >= 4 is 16.9 Å². The van der Waals surface area contributed by atoms with Crippen molar-refractivity contribution in [2.45, 2.75) is 6.61 Å². The molecule has 0 saturated carbocycles. The molecule has 0 N–H and O–H groups in total.